The third kappa shape index (κ3) is 5.87. The van der Waals surface area contributed by atoms with Crippen molar-refractivity contribution in [3.8, 4) is 0 Å². The van der Waals surface area contributed by atoms with Crippen LogP contribution < -0.4 is 10.6 Å². The van der Waals surface area contributed by atoms with Crippen molar-refractivity contribution in [3.63, 3.8) is 0 Å². The maximum absolute atomic E-state index is 13.5. The predicted octanol–water partition coefficient (Wildman–Crippen LogP) is 5.55. The van der Waals surface area contributed by atoms with Crippen molar-refractivity contribution in [1.29, 1.82) is 0 Å². The van der Waals surface area contributed by atoms with E-state index in [4.69, 9.17) is 0 Å². The summed E-state index contributed by atoms with van der Waals surface area (Å²) in [7, 11) is 0. The molecule has 0 aliphatic heterocycles. The largest absolute Gasteiger partial charge is 0.418 e. The van der Waals surface area contributed by atoms with Gasteiger partial charge >= 0.3 is 18.4 Å². The molecule has 1 aromatic carbocycles. The first kappa shape index (κ1) is 23.5. The SMILES string of the molecule is CC(C)C(C)NC(=O)N[C@@H](c1ccc(C(F)(F)F)cc1)c1ncccc1C(F)(F)F. The molecule has 0 aliphatic carbocycles. The lowest BCUT2D eigenvalue weighted by molar-refractivity contribution is -0.139. The Hall–Kier alpha value is -2.78. The molecule has 2 N–H and O–H groups in total. The summed E-state index contributed by atoms with van der Waals surface area (Å²) in [5.41, 5.74) is -2.54. The molecule has 2 rings (SSSR count). The second-order valence-electron chi connectivity index (χ2n) is 7.14. The minimum absolute atomic E-state index is 0.0274. The van der Waals surface area contributed by atoms with Gasteiger partial charge in [-0.25, -0.2) is 4.79 Å². The van der Waals surface area contributed by atoms with E-state index in [1.807, 2.05) is 13.8 Å². The summed E-state index contributed by atoms with van der Waals surface area (Å²) in [6.07, 6.45) is -8.25. The maximum atomic E-state index is 13.5. The lowest BCUT2D eigenvalue weighted by Crippen LogP contribution is -2.45. The van der Waals surface area contributed by atoms with Gasteiger partial charge in [0.05, 0.1) is 22.9 Å². The molecular formula is C20H21F6N3O. The van der Waals surface area contributed by atoms with Gasteiger partial charge in [-0.15, -0.1) is 0 Å². The van der Waals surface area contributed by atoms with Gasteiger partial charge in [0.2, 0.25) is 0 Å². The number of alkyl halides is 6. The van der Waals surface area contributed by atoms with Gasteiger partial charge in [-0.3, -0.25) is 4.98 Å². The summed E-state index contributed by atoms with van der Waals surface area (Å²) in [6.45, 7) is 5.41. The Labute approximate surface area is 169 Å². The second-order valence-corrected chi connectivity index (χ2v) is 7.14. The monoisotopic (exact) mass is 433 g/mol. The summed E-state index contributed by atoms with van der Waals surface area (Å²) in [4.78, 5) is 16.2. The molecule has 164 valence electrons. The average molecular weight is 433 g/mol. The Bertz CT molecular complexity index is 862. The number of halogens is 6. The first-order valence-corrected chi connectivity index (χ1v) is 9.07. The molecule has 1 aromatic heterocycles. The van der Waals surface area contributed by atoms with Crippen molar-refractivity contribution in [3.05, 3.63) is 65.0 Å². The summed E-state index contributed by atoms with van der Waals surface area (Å²) >= 11 is 0. The van der Waals surface area contributed by atoms with E-state index in [1.165, 1.54) is 0 Å². The number of carbonyl (C=O) groups is 1. The minimum atomic E-state index is -4.77. The van der Waals surface area contributed by atoms with Crippen molar-refractivity contribution in [2.24, 2.45) is 5.92 Å². The van der Waals surface area contributed by atoms with Crippen LogP contribution in [0, 0.1) is 5.92 Å². The number of urea groups is 1. The lowest BCUT2D eigenvalue weighted by atomic mass is 9.98. The fraction of sp³-hybridized carbons (Fsp3) is 0.400. The van der Waals surface area contributed by atoms with Crippen LogP contribution in [0.2, 0.25) is 0 Å². The number of rotatable bonds is 5. The van der Waals surface area contributed by atoms with Crippen molar-refractivity contribution in [2.75, 3.05) is 0 Å². The zero-order chi connectivity index (χ0) is 22.7. The van der Waals surface area contributed by atoms with E-state index in [2.05, 4.69) is 15.6 Å². The Morgan fingerprint density at radius 1 is 0.900 bits per heavy atom. The Morgan fingerprint density at radius 2 is 1.50 bits per heavy atom. The highest BCUT2D eigenvalue weighted by molar-refractivity contribution is 5.75. The van der Waals surface area contributed by atoms with E-state index in [1.54, 1.807) is 6.92 Å². The fourth-order valence-corrected chi connectivity index (χ4v) is 2.61. The fourth-order valence-electron chi connectivity index (χ4n) is 2.61. The summed E-state index contributed by atoms with van der Waals surface area (Å²) in [5, 5.41) is 5.02. The third-order valence-electron chi connectivity index (χ3n) is 4.62. The third-order valence-corrected chi connectivity index (χ3v) is 4.62. The van der Waals surface area contributed by atoms with Gasteiger partial charge in [0, 0.05) is 12.2 Å². The van der Waals surface area contributed by atoms with E-state index < -0.39 is 41.2 Å². The van der Waals surface area contributed by atoms with Crippen LogP contribution >= 0.6 is 0 Å². The van der Waals surface area contributed by atoms with Gasteiger partial charge in [-0.2, -0.15) is 26.3 Å². The van der Waals surface area contributed by atoms with Gasteiger partial charge in [0.15, 0.2) is 0 Å². The zero-order valence-electron chi connectivity index (χ0n) is 16.4. The molecule has 0 bridgehead atoms. The number of hydrogen-bond donors (Lipinski definition) is 2. The van der Waals surface area contributed by atoms with Gasteiger partial charge in [0.1, 0.15) is 0 Å². The molecule has 1 unspecified atom stereocenters. The standard InChI is InChI=1S/C20H21F6N3O/c1-11(2)12(3)28-18(30)29-16(13-6-8-14(9-7-13)19(21,22)23)17-15(20(24,25)26)5-4-10-27-17/h4-12,16H,1-3H3,(H2,28,29,30)/t12?,16-/m0/s1. The molecule has 2 aromatic rings. The minimum Gasteiger partial charge on any atom is -0.335 e. The van der Waals surface area contributed by atoms with Crippen molar-refractivity contribution < 1.29 is 31.1 Å². The van der Waals surface area contributed by atoms with Crippen LogP contribution in [-0.4, -0.2) is 17.1 Å². The zero-order valence-corrected chi connectivity index (χ0v) is 16.4. The number of nitrogens with zero attached hydrogens (tertiary/aromatic N) is 1. The van der Waals surface area contributed by atoms with Crippen LogP contribution in [-0.2, 0) is 12.4 Å². The summed E-state index contributed by atoms with van der Waals surface area (Å²) < 4.78 is 79.0. The first-order chi connectivity index (χ1) is 13.8. The Balaban J connectivity index is 2.48. The van der Waals surface area contributed by atoms with Crippen LogP contribution in [0.5, 0.6) is 0 Å². The molecule has 4 nitrogen and oxygen atoms in total. The number of carbonyl (C=O) groups excluding carboxylic acids is 1. The van der Waals surface area contributed by atoms with Crippen molar-refractivity contribution in [2.45, 2.75) is 45.2 Å². The molecule has 2 amide bonds. The smallest absolute Gasteiger partial charge is 0.335 e. The molecule has 0 spiro atoms. The molecule has 0 radical (unpaired) electrons. The molecule has 0 saturated heterocycles. The molecule has 10 heteroatoms. The molecule has 1 heterocycles. The number of aromatic nitrogens is 1. The quantitative estimate of drug-likeness (QED) is 0.608. The molecule has 0 saturated carbocycles. The topological polar surface area (TPSA) is 54.0 Å². The number of hydrogen-bond acceptors (Lipinski definition) is 2. The Kier molecular flexibility index (Phi) is 6.99. The highest BCUT2D eigenvalue weighted by atomic mass is 19.4. The van der Waals surface area contributed by atoms with Gasteiger partial charge in [-0.05, 0) is 42.7 Å². The number of pyridine rings is 1. The van der Waals surface area contributed by atoms with Gasteiger partial charge < -0.3 is 10.6 Å². The van der Waals surface area contributed by atoms with Gasteiger partial charge in [0.25, 0.3) is 0 Å². The highest BCUT2D eigenvalue weighted by Crippen LogP contribution is 2.36. The maximum Gasteiger partial charge on any atom is 0.418 e. The second kappa shape index (κ2) is 8.93. The molecule has 30 heavy (non-hydrogen) atoms. The summed E-state index contributed by atoms with van der Waals surface area (Å²) in [6, 6.07) is 2.97. The average Bonchev–Trinajstić information content (AvgIpc) is 2.64. The number of amides is 2. The molecule has 2 atom stereocenters. The molecular weight excluding hydrogens is 412 g/mol. The van der Waals surface area contributed by atoms with E-state index in [-0.39, 0.29) is 17.5 Å². The van der Waals surface area contributed by atoms with Crippen LogP contribution in [0.3, 0.4) is 0 Å². The van der Waals surface area contributed by atoms with E-state index in [9.17, 15) is 31.1 Å². The van der Waals surface area contributed by atoms with Gasteiger partial charge in [-0.1, -0.05) is 26.0 Å². The van der Waals surface area contributed by atoms with Crippen molar-refractivity contribution in [1.82, 2.24) is 15.6 Å². The van der Waals surface area contributed by atoms with E-state index >= 15 is 0 Å². The lowest BCUT2D eigenvalue weighted by Gasteiger charge is -2.25. The van der Waals surface area contributed by atoms with E-state index in [0.29, 0.717) is 0 Å². The molecule has 0 fully saturated rings. The van der Waals surface area contributed by atoms with Crippen LogP contribution in [0.15, 0.2) is 42.6 Å². The van der Waals surface area contributed by atoms with Crippen LogP contribution in [0.1, 0.15) is 49.2 Å². The van der Waals surface area contributed by atoms with Crippen LogP contribution in [0.25, 0.3) is 0 Å². The number of nitrogens with one attached hydrogen (secondary N) is 2. The Morgan fingerprint density at radius 3 is 2.00 bits per heavy atom. The number of benzene rings is 1. The summed E-state index contributed by atoms with van der Waals surface area (Å²) in [5.74, 6) is 0.0563. The van der Waals surface area contributed by atoms with Crippen LogP contribution in [0.4, 0.5) is 31.1 Å². The highest BCUT2D eigenvalue weighted by Gasteiger charge is 2.37. The first-order valence-electron chi connectivity index (χ1n) is 9.07. The van der Waals surface area contributed by atoms with Crippen molar-refractivity contribution >= 4 is 6.03 Å². The normalized spacial score (nSPS) is 14.3. The predicted molar refractivity (Wildman–Crippen MR) is 98.5 cm³/mol. The molecule has 0 aliphatic rings. The van der Waals surface area contributed by atoms with E-state index in [0.717, 1.165) is 42.6 Å².